The second kappa shape index (κ2) is 10.3. The lowest BCUT2D eigenvalue weighted by molar-refractivity contribution is 0.0350. The smallest absolute Gasteiger partial charge is 0.170 e. The molecular weight excluding hydrogens is 478 g/mol. The van der Waals surface area contributed by atoms with Crippen LogP contribution in [0.4, 0.5) is 0 Å². The van der Waals surface area contributed by atoms with Crippen LogP contribution < -0.4 is 5.32 Å². The average Bonchev–Trinajstić information content (AvgIpc) is 3.30. The van der Waals surface area contributed by atoms with Crippen molar-refractivity contribution in [2.45, 2.75) is 32.9 Å². The van der Waals surface area contributed by atoms with Crippen LogP contribution in [0.15, 0.2) is 48.7 Å². The summed E-state index contributed by atoms with van der Waals surface area (Å²) in [7, 11) is 0. The summed E-state index contributed by atoms with van der Waals surface area (Å²) in [6.07, 6.45) is 1.86. The molecule has 2 fully saturated rings. The van der Waals surface area contributed by atoms with E-state index >= 15 is 0 Å². The molecule has 6 nitrogen and oxygen atoms in total. The Morgan fingerprint density at radius 1 is 1.06 bits per heavy atom. The molecule has 8 heteroatoms. The van der Waals surface area contributed by atoms with Gasteiger partial charge in [-0.05, 0) is 68.9 Å². The fraction of sp³-hybridized carbons (Fsp3) is 0.407. The van der Waals surface area contributed by atoms with Gasteiger partial charge in [0, 0.05) is 60.0 Å². The molecule has 1 N–H and O–H groups in total. The molecule has 3 aromatic rings. The largest absolute Gasteiger partial charge is 0.379 e. The molecule has 2 saturated heterocycles. The van der Waals surface area contributed by atoms with E-state index in [9.17, 15) is 0 Å². The van der Waals surface area contributed by atoms with Gasteiger partial charge in [0.05, 0.1) is 31.0 Å². The number of ether oxygens (including phenoxy) is 1. The van der Waals surface area contributed by atoms with Crippen LogP contribution in [0, 0.1) is 20.8 Å². The molecule has 2 aromatic heterocycles. The van der Waals surface area contributed by atoms with Crippen molar-refractivity contribution in [2.24, 2.45) is 0 Å². The van der Waals surface area contributed by atoms with Crippen molar-refractivity contribution in [1.29, 1.82) is 0 Å². The number of pyridine rings is 1. The number of benzene rings is 1. The number of thiocarbonyl (C=S) groups is 1. The standard InChI is InChI=1S/C27H32ClN5OS/c1-18-19(2)33(22-8-6-7-21(28)17-22)20(3)24(18)26-25(23-9-4-5-10-29-23)30-27(35)32(26)12-11-31-13-15-34-16-14-31/h4-10,17,25-26H,11-16H2,1-3H3,(H,30,35). The third-order valence-electron chi connectivity index (χ3n) is 7.33. The summed E-state index contributed by atoms with van der Waals surface area (Å²) < 4.78 is 7.86. The maximum atomic E-state index is 6.36. The summed E-state index contributed by atoms with van der Waals surface area (Å²) >= 11 is 12.3. The van der Waals surface area contributed by atoms with Gasteiger partial charge >= 0.3 is 0 Å². The van der Waals surface area contributed by atoms with Gasteiger partial charge in [0.15, 0.2) is 5.11 Å². The Morgan fingerprint density at radius 3 is 2.57 bits per heavy atom. The van der Waals surface area contributed by atoms with E-state index in [-0.39, 0.29) is 12.1 Å². The predicted octanol–water partition coefficient (Wildman–Crippen LogP) is 4.76. The SMILES string of the molecule is Cc1c(C2C(c3ccccn3)NC(=S)N2CCN2CCOCC2)c(C)n(-c2cccc(Cl)c2)c1C. The Balaban J connectivity index is 1.57. The lowest BCUT2D eigenvalue weighted by Gasteiger charge is -2.32. The fourth-order valence-corrected chi connectivity index (χ4v) is 5.99. The number of nitrogens with zero attached hydrogens (tertiary/aromatic N) is 4. The molecule has 35 heavy (non-hydrogen) atoms. The van der Waals surface area contributed by atoms with Crippen LogP contribution in [-0.4, -0.2) is 63.9 Å². The van der Waals surface area contributed by atoms with Gasteiger partial charge in [-0.15, -0.1) is 0 Å². The summed E-state index contributed by atoms with van der Waals surface area (Å²) in [4.78, 5) is 9.53. The van der Waals surface area contributed by atoms with Gasteiger partial charge in [0.1, 0.15) is 0 Å². The third-order valence-corrected chi connectivity index (χ3v) is 7.92. The van der Waals surface area contributed by atoms with E-state index in [2.05, 4.69) is 52.6 Å². The molecule has 0 saturated carbocycles. The maximum absolute atomic E-state index is 6.36. The first kappa shape index (κ1) is 24.3. The summed E-state index contributed by atoms with van der Waals surface area (Å²) in [6.45, 7) is 11.9. The highest BCUT2D eigenvalue weighted by atomic mass is 35.5. The zero-order valence-corrected chi connectivity index (χ0v) is 22.1. The van der Waals surface area contributed by atoms with Crippen molar-refractivity contribution in [3.63, 3.8) is 0 Å². The van der Waals surface area contributed by atoms with Gasteiger partial charge in [-0.2, -0.15) is 0 Å². The molecule has 0 bridgehead atoms. The second-order valence-electron chi connectivity index (χ2n) is 9.30. The van der Waals surface area contributed by atoms with E-state index < -0.39 is 0 Å². The predicted molar refractivity (Wildman–Crippen MR) is 144 cm³/mol. The summed E-state index contributed by atoms with van der Waals surface area (Å²) in [6, 6.07) is 14.1. The average molecular weight is 510 g/mol. The first-order valence-corrected chi connectivity index (χ1v) is 13.0. The van der Waals surface area contributed by atoms with Crippen molar-refractivity contribution in [3.05, 3.63) is 81.9 Å². The number of hydrogen-bond donors (Lipinski definition) is 1. The van der Waals surface area contributed by atoms with Crippen molar-refractivity contribution in [2.75, 3.05) is 39.4 Å². The minimum absolute atomic E-state index is 0.0274. The van der Waals surface area contributed by atoms with Crippen LogP contribution in [0.1, 0.15) is 40.3 Å². The number of halogens is 1. The van der Waals surface area contributed by atoms with E-state index in [4.69, 9.17) is 33.5 Å². The van der Waals surface area contributed by atoms with Gasteiger partial charge < -0.3 is 19.5 Å². The van der Waals surface area contributed by atoms with Gasteiger partial charge in [0.2, 0.25) is 0 Å². The van der Waals surface area contributed by atoms with Crippen LogP contribution in [-0.2, 0) is 4.74 Å². The normalized spacial score (nSPS) is 20.9. The molecule has 2 atom stereocenters. The zero-order valence-electron chi connectivity index (χ0n) is 20.5. The van der Waals surface area contributed by atoms with E-state index in [1.54, 1.807) is 0 Å². The Morgan fingerprint density at radius 2 is 1.86 bits per heavy atom. The van der Waals surface area contributed by atoms with E-state index in [1.807, 2.05) is 36.5 Å². The molecule has 0 amide bonds. The van der Waals surface area contributed by atoms with Crippen molar-refractivity contribution in [1.82, 2.24) is 24.7 Å². The van der Waals surface area contributed by atoms with E-state index in [0.717, 1.165) is 60.9 Å². The molecule has 0 aliphatic carbocycles. The first-order chi connectivity index (χ1) is 17.0. The molecule has 184 valence electrons. The van der Waals surface area contributed by atoms with Gasteiger partial charge in [-0.3, -0.25) is 9.88 Å². The monoisotopic (exact) mass is 509 g/mol. The maximum Gasteiger partial charge on any atom is 0.170 e. The topological polar surface area (TPSA) is 45.6 Å². The number of rotatable bonds is 6. The quantitative estimate of drug-likeness (QED) is 0.484. The van der Waals surface area contributed by atoms with Gasteiger partial charge in [-0.25, -0.2) is 0 Å². The minimum Gasteiger partial charge on any atom is -0.379 e. The number of hydrogen-bond acceptors (Lipinski definition) is 4. The highest BCUT2D eigenvalue weighted by Gasteiger charge is 2.42. The van der Waals surface area contributed by atoms with E-state index in [1.165, 1.54) is 22.5 Å². The van der Waals surface area contributed by atoms with Gasteiger partial charge in [-0.1, -0.05) is 23.7 Å². The Labute approximate surface area is 217 Å². The summed E-state index contributed by atoms with van der Waals surface area (Å²) in [5.41, 5.74) is 7.07. The highest BCUT2D eigenvalue weighted by molar-refractivity contribution is 7.80. The van der Waals surface area contributed by atoms with Crippen LogP contribution in [0.5, 0.6) is 0 Å². The molecule has 2 unspecified atom stereocenters. The zero-order chi connectivity index (χ0) is 24.5. The molecule has 1 aromatic carbocycles. The van der Waals surface area contributed by atoms with Crippen LogP contribution >= 0.6 is 23.8 Å². The molecular formula is C27H32ClN5OS. The Hall–Kier alpha value is -2.45. The van der Waals surface area contributed by atoms with Crippen molar-refractivity contribution >= 4 is 28.9 Å². The van der Waals surface area contributed by atoms with E-state index in [0.29, 0.717) is 0 Å². The highest BCUT2D eigenvalue weighted by Crippen LogP contribution is 2.43. The Kier molecular flexibility index (Phi) is 7.12. The summed E-state index contributed by atoms with van der Waals surface area (Å²) in [5, 5.41) is 5.13. The lowest BCUT2D eigenvalue weighted by atomic mass is 9.93. The summed E-state index contributed by atoms with van der Waals surface area (Å²) in [5.74, 6) is 0. The first-order valence-electron chi connectivity index (χ1n) is 12.2. The number of morpholine rings is 1. The third kappa shape index (κ3) is 4.70. The van der Waals surface area contributed by atoms with Crippen LogP contribution in [0.3, 0.4) is 0 Å². The lowest BCUT2D eigenvalue weighted by Crippen LogP contribution is -2.42. The van der Waals surface area contributed by atoms with Crippen LogP contribution in [0.25, 0.3) is 5.69 Å². The number of nitrogens with one attached hydrogen (secondary N) is 1. The molecule has 0 radical (unpaired) electrons. The second-order valence-corrected chi connectivity index (χ2v) is 10.1. The van der Waals surface area contributed by atoms with Crippen molar-refractivity contribution in [3.8, 4) is 5.69 Å². The van der Waals surface area contributed by atoms with Crippen LogP contribution in [0.2, 0.25) is 5.02 Å². The molecule has 2 aliphatic rings. The number of aromatic nitrogens is 2. The Bertz CT molecular complexity index is 1210. The minimum atomic E-state index is -0.0274. The molecule has 4 heterocycles. The molecule has 0 spiro atoms. The molecule has 5 rings (SSSR count). The van der Waals surface area contributed by atoms with Gasteiger partial charge in [0.25, 0.3) is 0 Å². The molecule has 2 aliphatic heterocycles. The van der Waals surface area contributed by atoms with Crippen molar-refractivity contribution < 1.29 is 4.74 Å². The fourth-order valence-electron chi connectivity index (χ4n) is 5.48.